The highest BCUT2D eigenvalue weighted by Gasteiger charge is 2.06. The maximum absolute atomic E-state index is 10.9. The molecule has 1 aromatic rings. The summed E-state index contributed by atoms with van der Waals surface area (Å²) in [4.78, 5) is 14.8. The molecule has 0 radical (unpaired) electrons. The maximum Gasteiger partial charge on any atom is 0.250 e. The van der Waals surface area contributed by atoms with Gasteiger partial charge < -0.3 is 11.5 Å². The molecule has 1 amide bonds. The largest absolute Gasteiger partial charge is 0.386 e. The van der Waals surface area contributed by atoms with Crippen LogP contribution in [0.3, 0.4) is 0 Å². The lowest BCUT2D eigenvalue weighted by Crippen LogP contribution is -2.12. The van der Waals surface area contributed by atoms with Crippen molar-refractivity contribution < 1.29 is 4.79 Å². The Morgan fingerprint density at radius 2 is 2.07 bits per heavy atom. The smallest absolute Gasteiger partial charge is 0.250 e. The number of hydrogen-bond acceptors (Lipinski definition) is 2. The minimum Gasteiger partial charge on any atom is -0.386 e. The molecule has 15 heavy (non-hydrogen) atoms. The number of benzene rings is 1. The van der Waals surface area contributed by atoms with Crippen molar-refractivity contribution in [3.05, 3.63) is 28.8 Å². The Kier molecular flexibility index (Phi) is 3.94. The van der Waals surface area contributed by atoms with Crippen LogP contribution in [0.1, 0.15) is 10.4 Å². The third kappa shape index (κ3) is 3.11. The van der Waals surface area contributed by atoms with E-state index in [9.17, 15) is 4.79 Å². The fourth-order valence-electron chi connectivity index (χ4n) is 0.969. The summed E-state index contributed by atoms with van der Waals surface area (Å²) >= 11 is 11.3. The molecular formula is C9H9Cl2N3O. The van der Waals surface area contributed by atoms with Gasteiger partial charge in [0.15, 0.2) is 0 Å². The van der Waals surface area contributed by atoms with E-state index in [1.54, 1.807) is 6.07 Å². The minimum absolute atomic E-state index is 0.134. The summed E-state index contributed by atoms with van der Waals surface area (Å²) in [6, 6.07) is 4.58. The first-order valence-corrected chi connectivity index (χ1v) is 4.94. The predicted octanol–water partition coefficient (Wildman–Crippen LogP) is 1.67. The van der Waals surface area contributed by atoms with E-state index in [4.69, 9.17) is 34.7 Å². The van der Waals surface area contributed by atoms with Crippen molar-refractivity contribution in [3.8, 4) is 0 Å². The maximum atomic E-state index is 10.9. The van der Waals surface area contributed by atoms with E-state index in [-0.39, 0.29) is 22.3 Å². The molecule has 0 saturated carbocycles. The Balaban J connectivity index is 3.07. The third-order valence-electron chi connectivity index (χ3n) is 1.63. The Hall–Kier alpha value is -1.26. The second kappa shape index (κ2) is 5.00. The fourth-order valence-corrected chi connectivity index (χ4v) is 1.30. The van der Waals surface area contributed by atoms with E-state index in [0.29, 0.717) is 5.69 Å². The van der Waals surface area contributed by atoms with E-state index in [1.807, 2.05) is 0 Å². The molecule has 0 saturated heterocycles. The van der Waals surface area contributed by atoms with Crippen molar-refractivity contribution in [1.29, 1.82) is 0 Å². The van der Waals surface area contributed by atoms with Crippen LogP contribution in [0.15, 0.2) is 23.2 Å². The topological polar surface area (TPSA) is 81.5 Å². The van der Waals surface area contributed by atoms with Crippen LogP contribution in [-0.4, -0.2) is 17.6 Å². The van der Waals surface area contributed by atoms with Gasteiger partial charge in [-0.2, -0.15) is 0 Å². The first-order chi connectivity index (χ1) is 7.04. The lowest BCUT2D eigenvalue weighted by Gasteiger charge is -2.01. The first-order valence-electron chi connectivity index (χ1n) is 4.03. The molecule has 0 heterocycles. The molecule has 6 heteroatoms. The van der Waals surface area contributed by atoms with E-state index in [2.05, 4.69) is 4.99 Å². The molecular weight excluding hydrogens is 237 g/mol. The number of nitrogens with zero attached hydrogens (tertiary/aromatic N) is 1. The van der Waals surface area contributed by atoms with Gasteiger partial charge in [-0.25, -0.2) is 4.99 Å². The van der Waals surface area contributed by atoms with Crippen LogP contribution >= 0.6 is 23.2 Å². The van der Waals surface area contributed by atoms with Gasteiger partial charge in [0, 0.05) is 0 Å². The second-order valence-electron chi connectivity index (χ2n) is 2.77. The summed E-state index contributed by atoms with van der Waals surface area (Å²) in [7, 11) is 0. The molecule has 1 aromatic carbocycles. The van der Waals surface area contributed by atoms with Crippen LogP contribution in [0.5, 0.6) is 0 Å². The normalized spacial score (nSPS) is 11.5. The second-order valence-corrected chi connectivity index (χ2v) is 3.44. The van der Waals surface area contributed by atoms with Gasteiger partial charge in [0.05, 0.1) is 22.2 Å². The SMILES string of the molecule is NC(=O)c1ccc(N=C(N)CCl)cc1Cl. The Bertz CT molecular complexity index is 418. The number of nitrogens with two attached hydrogens (primary N) is 2. The van der Waals surface area contributed by atoms with E-state index < -0.39 is 5.91 Å². The summed E-state index contributed by atoms with van der Waals surface area (Å²) in [5.74, 6) is -0.171. The molecule has 0 unspecified atom stereocenters. The average molecular weight is 246 g/mol. The van der Waals surface area contributed by atoms with Gasteiger partial charge in [-0.3, -0.25) is 4.79 Å². The molecule has 0 aliphatic heterocycles. The van der Waals surface area contributed by atoms with Crippen molar-refractivity contribution in [1.82, 2.24) is 0 Å². The first kappa shape index (κ1) is 11.8. The van der Waals surface area contributed by atoms with Gasteiger partial charge in [0.25, 0.3) is 0 Å². The number of carbonyl (C=O) groups is 1. The van der Waals surface area contributed by atoms with Crippen LogP contribution in [0.25, 0.3) is 0 Å². The Labute approximate surface area is 96.9 Å². The van der Waals surface area contributed by atoms with Gasteiger partial charge in [0.2, 0.25) is 5.91 Å². The molecule has 4 nitrogen and oxygen atoms in total. The van der Waals surface area contributed by atoms with Gasteiger partial charge in [-0.1, -0.05) is 11.6 Å². The van der Waals surface area contributed by atoms with Crippen molar-refractivity contribution in [3.63, 3.8) is 0 Å². The summed E-state index contributed by atoms with van der Waals surface area (Å²) in [6.45, 7) is 0. The van der Waals surface area contributed by atoms with E-state index in [0.717, 1.165) is 0 Å². The van der Waals surface area contributed by atoms with E-state index in [1.165, 1.54) is 12.1 Å². The molecule has 0 aliphatic rings. The van der Waals surface area contributed by atoms with Crippen LogP contribution in [0, 0.1) is 0 Å². The fraction of sp³-hybridized carbons (Fsp3) is 0.111. The summed E-state index contributed by atoms with van der Waals surface area (Å²) < 4.78 is 0. The highest BCUT2D eigenvalue weighted by Crippen LogP contribution is 2.22. The van der Waals surface area contributed by atoms with Gasteiger partial charge in [0.1, 0.15) is 5.84 Å². The lowest BCUT2D eigenvalue weighted by molar-refractivity contribution is 0.100. The average Bonchev–Trinajstić information content (AvgIpc) is 2.17. The summed E-state index contributed by atoms with van der Waals surface area (Å²) in [5, 5.41) is 0.242. The van der Waals surface area contributed by atoms with Crippen LogP contribution in [-0.2, 0) is 0 Å². The zero-order chi connectivity index (χ0) is 11.4. The van der Waals surface area contributed by atoms with Crippen molar-refractivity contribution in [2.24, 2.45) is 16.5 Å². The highest BCUT2D eigenvalue weighted by molar-refractivity contribution is 6.34. The molecule has 80 valence electrons. The third-order valence-corrected chi connectivity index (χ3v) is 2.21. The Morgan fingerprint density at radius 3 is 2.53 bits per heavy atom. The van der Waals surface area contributed by atoms with Crippen LogP contribution in [0.4, 0.5) is 5.69 Å². The zero-order valence-corrected chi connectivity index (χ0v) is 9.22. The van der Waals surface area contributed by atoms with E-state index >= 15 is 0 Å². The molecule has 1 rings (SSSR count). The van der Waals surface area contributed by atoms with Gasteiger partial charge in [-0.05, 0) is 18.2 Å². The molecule has 4 N–H and O–H groups in total. The molecule has 0 fully saturated rings. The summed E-state index contributed by atoms with van der Waals surface area (Å²) in [6.07, 6.45) is 0. The Morgan fingerprint density at radius 1 is 1.40 bits per heavy atom. The molecule has 0 bridgehead atoms. The number of rotatable bonds is 3. The molecule has 0 spiro atoms. The van der Waals surface area contributed by atoms with Crippen LogP contribution in [0.2, 0.25) is 5.02 Å². The number of alkyl halides is 1. The number of carbonyl (C=O) groups excluding carboxylic acids is 1. The number of amidine groups is 1. The number of primary amides is 1. The standard InChI is InChI=1S/C9H9Cl2N3O/c10-4-8(12)14-5-1-2-6(9(13)15)7(11)3-5/h1-3H,4H2,(H2,12,14)(H2,13,15). The van der Waals surface area contributed by atoms with Crippen molar-refractivity contribution in [2.75, 3.05) is 5.88 Å². The monoisotopic (exact) mass is 245 g/mol. The number of amides is 1. The number of aliphatic imine (C=N–C) groups is 1. The molecule has 0 aliphatic carbocycles. The van der Waals surface area contributed by atoms with Crippen LogP contribution < -0.4 is 11.5 Å². The number of halogens is 2. The highest BCUT2D eigenvalue weighted by atomic mass is 35.5. The minimum atomic E-state index is -0.583. The lowest BCUT2D eigenvalue weighted by atomic mass is 10.2. The van der Waals surface area contributed by atoms with Crippen molar-refractivity contribution >= 4 is 40.6 Å². The van der Waals surface area contributed by atoms with Gasteiger partial charge >= 0.3 is 0 Å². The quantitative estimate of drug-likeness (QED) is 0.483. The zero-order valence-electron chi connectivity index (χ0n) is 7.71. The predicted molar refractivity (Wildman–Crippen MR) is 62.0 cm³/mol. The number of hydrogen-bond donors (Lipinski definition) is 2. The van der Waals surface area contributed by atoms with Crippen molar-refractivity contribution in [2.45, 2.75) is 0 Å². The molecule has 0 atom stereocenters. The van der Waals surface area contributed by atoms with Gasteiger partial charge in [-0.15, -0.1) is 11.6 Å². The summed E-state index contributed by atoms with van der Waals surface area (Å²) in [5.41, 5.74) is 11.3. The molecule has 0 aromatic heterocycles.